The third-order valence-corrected chi connectivity index (χ3v) is 1.27. The van der Waals surface area contributed by atoms with Crippen molar-refractivity contribution in [2.75, 3.05) is 13.1 Å². The van der Waals surface area contributed by atoms with Crippen LogP contribution in [0.25, 0.3) is 0 Å². The summed E-state index contributed by atoms with van der Waals surface area (Å²) in [7, 11) is 0. The first kappa shape index (κ1) is 16.9. The van der Waals surface area contributed by atoms with Crippen molar-refractivity contribution < 1.29 is 4.79 Å². The maximum Gasteiger partial charge on any atom is 0.241 e. The van der Waals surface area contributed by atoms with Gasteiger partial charge in [-0.1, -0.05) is 0 Å². The summed E-state index contributed by atoms with van der Waals surface area (Å²) in [6, 6.07) is 0. The van der Waals surface area contributed by atoms with Crippen LogP contribution in [-0.4, -0.2) is 30.5 Å². The summed E-state index contributed by atoms with van der Waals surface area (Å²) in [5, 5.41) is 5.60. The number of aliphatic imine (C=N–C) groups is 1. The summed E-state index contributed by atoms with van der Waals surface area (Å²) in [4.78, 5) is 14.9. The van der Waals surface area contributed by atoms with Gasteiger partial charge in [0.05, 0.1) is 0 Å². The van der Waals surface area contributed by atoms with Gasteiger partial charge in [0.2, 0.25) is 5.91 Å². The molecule has 0 unspecified atom stereocenters. The summed E-state index contributed by atoms with van der Waals surface area (Å²) in [6.45, 7) is 8.46. The van der Waals surface area contributed by atoms with Crippen molar-refractivity contribution in [1.82, 2.24) is 10.6 Å². The molecule has 1 amide bonds. The summed E-state index contributed by atoms with van der Waals surface area (Å²) in [5.74, 6) is 0.176. The van der Waals surface area contributed by atoms with E-state index in [0.29, 0.717) is 12.5 Å². The Morgan fingerprint density at radius 3 is 2.33 bits per heavy atom. The molecule has 15 heavy (non-hydrogen) atoms. The van der Waals surface area contributed by atoms with E-state index in [0.717, 1.165) is 0 Å². The lowest BCUT2D eigenvalue weighted by Gasteiger charge is -2.20. The smallest absolute Gasteiger partial charge is 0.241 e. The summed E-state index contributed by atoms with van der Waals surface area (Å²) in [5.41, 5.74) is 5.43. The highest BCUT2D eigenvalue weighted by molar-refractivity contribution is 14.0. The normalized spacial score (nSPS) is 11.6. The molecule has 0 heterocycles. The molecule has 0 aliphatic carbocycles. The molecule has 6 heteroatoms. The van der Waals surface area contributed by atoms with Gasteiger partial charge in [0.15, 0.2) is 5.96 Å². The van der Waals surface area contributed by atoms with Crippen molar-refractivity contribution in [2.24, 2.45) is 10.7 Å². The first-order valence-corrected chi connectivity index (χ1v) is 4.70. The van der Waals surface area contributed by atoms with Crippen LogP contribution in [0.4, 0.5) is 0 Å². The van der Waals surface area contributed by atoms with Gasteiger partial charge in [-0.2, -0.15) is 0 Å². The van der Waals surface area contributed by atoms with Crippen LogP contribution in [0, 0.1) is 0 Å². The molecule has 4 N–H and O–H groups in total. The average molecular weight is 328 g/mol. The van der Waals surface area contributed by atoms with Gasteiger partial charge < -0.3 is 16.4 Å². The van der Waals surface area contributed by atoms with Gasteiger partial charge in [-0.25, -0.2) is 4.99 Å². The van der Waals surface area contributed by atoms with Crippen LogP contribution in [0.2, 0.25) is 0 Å². The van der Waals surface area contributed by atoms with Crippen LogP contribution in [0.15, 0.2) is 4.99 Å². The zero-order valence-electron chi connectivity index (χ0n) is 9.76. The van der Waals surface area contributed by atoms with Gasteiger partial charge in [0.25, 0.3) is 0 Å². The highest BCUT2D eigenvalue weighted by Gasteiger charge is 2.09. The Morgan fingerprint density at radius 1 is 1.40 bits per heavy atom. The molecule has 0 bridgehead atoms. The van der Waals surface area contributed by atoms with Crippen LogP contribution >= 0.6 is 24.0 Å². The van der Waals surface area contributed by atoms with Crippen molar-refractivity contribution >= 4 is 35.8 Å². The van der Waals surface area contributed by atoms with Gasteiger partial charge in [-0.05, 0) is 27.7 Å². The molecule has 0 aromatic rings. The predicted octanol–water partition coefficient (Wildman–Crippen LogP) is 0.443. The number of nitrogens with two attached hydrogens (primary N) is 1. The fourth-order valence-corrected chi connectivity index (χ4v) is 0.834. The van der Waals surface area contributed by atoms with Crippen molar-refractivity contribution in [3.05, 3.63) is 0 Å². The first-order chi connectivity index (χ1) is 6.35. The van der Waals surface area contributed by atoms with Gasteiger partial charge in [0.1, 0.15) is 6.54 Å². The molecular formula is C9H21IN4O. The number of nitrogens with zero attached hydrogens (tertiary/aromatic N) is 1. The quantitative estimate of drug-likeness (QED) is 0.400. The Labute approximate surface area is 108 Å². The average Bonchev–Trinajstić information content (AvgIpc) is 1.98. The summed E-state index contributed by atoms with van der Waals surface area (Å²) >= 11 is 0. The molecule has 90 valence electrons. The molecule has 0 saturated heterocycles. The molecule has 0 saturated carbocycles. The predicted molar refractivity (Wildman–Crippen MR) is 73.5 cm³/mol. The van der Waals surface area contributed by atoms with Crippen LogP contribution in [0.1, 0.15) is 27.7 Å². The summed E-state index contributed by atoms with van der Waals surface area (Å²) in [6.07, 6.45) is 0. The largest absolute Gasteiger partial charge is 0.370 e. The topological polar surface area (TPSA) is 79.5 Å². The molecule has 0 aromatic heterocycles. The number of likely N-dealkylation sites (N-methyl/N-ethyl adjacent to an activating group) is 1. The second kappa shape index (κ2) is 7.72. The minimum atomic E-state index is -0.130. The number of halogens is 1. The third-order valence-electron chi connectivity index (χ3n) is 1.27. The fourth-order valence-electron chi connectivity index (χ4n) is 0.834. The van der Waals surface area contributed by atoms with Crippen molar-refractivity contribution in [2.45, 2.75) is 33.2 Å². The Balaban J connectivity index is 0. The molecule has 0 radical (unpaired) electrons. The second-order valence-electron chi connectivity index (χ2n) is 4.03. The minimum absolute atomic E-state index is 0. The zero-order valence-corrected chi connectivity index (χ0v) is 12.1. The first-order valence-electron chi connectivity index (χ1n) is 4.70. The lowest BCUT2D eigenvalue weighted by Crippen LogP contribution is -2.45. The lowest BCUT2D eigenvalue weighted by atomic mass is 10.1. The standard InChI is InChI=1S/C9H20N4O.HI/c1-5-11-7(14)6-12-8(10)13-9(2,3)4;/h5-6H2,1-4H3,(H,11,14)(H3,10,12,13);1H. The second-order valence-corrected chi connectivity index (χ2v) is 4.03. The van der Waals surface area contributed by atoms with E-state index < -0.39 is 0 Å². The number of guanidine groups is 1. The Hall–Kier alpha value is -0.530. The number of amides is 1. The zero-order chi connectivity index (χ0) is 11.2. The van der Waals surface area contributed by atoms with E-state index in [1.54, 1.807) is 0 Å². The van der Waals surface area contributed by atoms with E-state index in [4.69, 9.17) is 5.73 Å². The van der Waals surface area contributed by atoms with E-state index in [2.05, 4.69) is 15.6 Å². The van der Waals surface area contributed by atoms with E-state index in [9.17, 15) is 4.79 Å². The molecule has 0 fully saturated rings. The number of hydrogen-bond donors (Lipinski definition) is 3. The molecule has 0 atom stereocenters. The van der Waals surface area contributed by atoms with E-state index >= 15 is 0 Å². The monoisotopic (exact) mass is 328 g/mol. The number of hydrogen-bond acceptors (Lipinski definition) is 2. The van der Waals surface area contributed by atoms with Crippen molar-refractivity contribution in [3.8, 4) is 0 Å². The van der Waals surface area contributed by atoms with Crippen LogP contribution < -0.4 is 16.4 Å². The van der Waals surface area contributed by atoms with E-state index in [1.807, 2.05) is 27.7 Å². The van der Waals surface area contributed by atoms with Gasteiger partial charge >= 0.3 is 0 Å². The van der Waals surface area contributed by atoms with E-state index in [1.165, 1.54) is 0 Å². The summed E-state index contributed by atoms with van der Waals surface area (Å²) < 4.78 is 0. The highest BCUT2D eigenvalue weighted by atomic mass is 127. The van der Waals surface area contributed by atoms with Crippen molar-refractivity contribution in [1.29, 1.82) is 0 Å². The minimum Gasteiger partial charge on any atom is -0.370 e. The molecule has 0 rings (SSSR count). The van der Waals surface area contributed by atoms with Crippen LogP contribution in [-0.2, 0) is 4.79 Å². The van der Waals surface area contributed by atoms with Gasteiger partial charge in [-0.15, -0.1) is 24.0 Å². The highest BCUT2D eigenvalue weighted by Crippen LogP contribution is 1.96. The molecule has 0 aliphatic heterocycles. The Kier molecular flexibility index (Phi) is 8.69. The number of carbonyl (C=O) groups excluding carboxylic acids is 1. The Bertz CT molecular complexity index is 223. The molecule has 0 aromatic carbocycles. The number of carbonyl (C=O) groups is 1. The maximum absolute atomic E-state index is 11.0. The van der Waals surface area contributed by atoms with Crippen LogP contribution in [0.5, 0.6) is 0 Å². The fraction of sp³-hybridized carbons (Fsp3) is 0.778. The number of nitrogens with one attached hydrogen (secondary N) is 2. The van der Waals surface area contributed by atoms with Gasteiger partial charge in [-0.3, -0.25) is 4.79 Å². The SMILES string of the molecule is CCNC(=O)CN=C(N)NC(C)(C)C.I. The Morgan fingerprint density at radius 2 is 1.93 bits per heavy atom. The molecule has 0 aliphatic rings. The lowest BCUT2D eigenvalue weighted by molar-refractivity contribution is -0.119. The van der Waals surface area contributed by atoms with E-state index in [-0.39, 0.29) is 42.0 Å². The third kappa shape index (κ3) is 11.4. The van der Waals surface area contributed by atoms with Crippen LogP contribution in [0.3, 0.4) is 0 Å². The molecular weight excluding hydrogens is 307 g/mol. The maximum atomic E-state index is 11.0. The van der Waals surface area contributed by atoms with Gasteiger partial charge in [0, 0.05) is 12.1 Å². The molecule has 5 nitrogen and oxygen atoms in total. The number of rotatable bonds is 3. The van der Waals surface area contributed by atoms with Crippen molar-refractivity contribution in [3.63, 3.8) is 0 Å². The molecule has 0 spiro atoms.